The van der Waals surface area contributed by atoms with E-state index in [1.54, 1.807) is 18.2 Å². The lowest BCUT2D eigenvalue weighted by atomic mass is 10.1. The minimum atomic E-state index is -0.223. The molecule has 20 heavy (non-hydrogen) atoms. The second-order valence-electron chi connectivity index (χ2n) is 4.79. The molecule has 5 nitrogen and oxygen atoms in total. The summed E-state index contributed by atoms with van der Waals surface area (Å²) in [6.45, 7) is 1.88. The fourth-order valence-electron chi connectivity index (χ4n) is 1.92. The number of aryl methyl sites for hydroxylation is 1. The Morgan fingerprint density at radius 2 is 2.00 bits per heavy atom. The zero-order valence-electron chi connectivity index (χ0n) is 11.8. The summed E-state index contributed by atoms with van der Waals surface area (Å²) < 4.78 is 0. The SMILES string of the molecule is Cc1cccc(NC(=O)c2cc(N)ccc2N(C)C)n1. The number of pyridine rings is 1. The van der Waals surface area contributed by atoms with Crippen LogP contribution in [0, 0.1) is 6.92 Å². The first-order valence-electron chi connectivity index (χ1n) is 6.29. The van der Waals surface area contributed by atoms with Crippen molar-refractivity contribution >= 4 is 23.1 Å². The zero-order chi connectivity index (χ0) is 14.7. The molecule has 0 unspecified atom stereocenters. The normalized spacial score (nSPS) is 10.2. The monoisotopic (exact) mass is 270 g/mol. The van der Waals surface area contributed by atoms with E-state index in [0.717, 1.165) is 11.4 Å². The number of nitrogen functional groups attached to an aromatic ring is 1. The van der Waals surface area contributed by atoms with Crippen LogP contribution >= 0.6 is 0 Å². The predicted molar refractivity (Wildman–Crippen MR) is 82.1 cm³/mol. The minimum absolute atomic E-state index is 0.223. The van der Waals surface area contributed by atoms with E-state index < -0.39 is 0 Å². The van der Waals surface area contributed by atoms with Crippen LogP contribution in [0.3, 0.4) is 0 Å². The Hall–Kier alpha value is -2.56. The lowest BCUT2D eigenvalue weighted by Crippen LogP contribution is -2.19. The van der Waals surface area contributed by atoms with E-state index in [4.69, 9.17) is 5.73 Å². The van der Waals surface area contributed by atoms with Crippen LogP contribution in [0.1, 0.15) is 16.1 Å². The Labute approximate surface area is 118 Å². The molecule has 1 aromatic carbocycles. The van der Waals surface area contributed by atoms with Crippen molar-refractivity contribution in [2.24, 2.45) is 0 Å². The largest absolute Gasteiger partial charge is 0.399 e. The molecule has 0 fully saturated rings. The van der Waals surface area contributed by atoms with Crippen LogP contribution in [0.4, 0.5) is 17.2 Å². The molecule has 1 amide bonds. The van der Waals surface area contributed by atoms with Gasteiger partial charge in [-0.1, -0.05) is 6.07 Å². The van der Waals surface area contributed by atoms with Gasteiger partial charge in [-0.2, -0.15) is 0 Å². The minimum Gasteiger partial charge on any atom is -0.399 e. The first-order chi connectivity index (χ1) is 9.47. The molecular weight excluding hydrogens is 252 g/mol. The molecule has 0 aliphatic heterocycles. The first-order valence-corrected chi connectivity index (χ1v) is 6.29. The summed E-state index contributed by atoms with van der Waals surface area (Å²) in [6.07, 6.45) is 0. The van der Waals surface area contributed by atoms with E-state index in [1.165, 1.54) is 0 Å². The highest BCUT2D eigenvalue weighted by Gasteiger charge is 2.14. The second kappa shape index (κ2) is 5.61. The molecule has 2 aromatic rings. The number of rotatable bonds is 3. The average Bonchev–Trinajstić information content (AvgIpc) is 2.38. The lowest BCUT2D eigenvalue weighted by molar-refractivity contribution is 0.102. The summed E-state index contributed by atoms with van der Waals surface area (Å²) >= 11 is 0. The van der Waals surface area contributed by atoms with Crippen LogP contribution in [0.25, 0.3) is 0 Å². The number of benzene rings is 1. The summed E-state index contributed by atoms with van der Waals surface area (Å²) in [5.74, 6) is 0.307. The van der Waals surface area contributed by atoms with Crippen LogP contribution in [-0.2, 0) is 0 Å². The van der Waals surface area contributed by atoms with Crippen molar-refractivity contribution in [1.82, 2.24) is 4.98 Å². The van der Waals surface area contributed by atoms with Gasteiger partial charge in [0.2, 0.25) is 0 Å². The second-order valence-corrected chi connectivity index (χ2v) is 4.79. The molecule has 3 N–H and O–H groups in total. The maximum Gasteiger partial charge on any atom is 0.258 e. The van der Waals surface area contributed by atoms with Crippen molar-refractivity contribution in [3.05, 3.63) is 47.7 Å². The van der Waals surface area contributed by atoms with Gasteiger partial charge >= 0.3 is 0 Å². The van der Waals surface area contributed by atoms with E-state index in [1.807, 2.05) is 44.1 Å². The quantitative estimate of drug-likeness (QED) is 0.839. The molecule has 104 valence electrons. The van der Waals surface area contributed by atoms with Crippen LogP contribution in [0.2, 0.25) is 0 Å². The third-order valence-corrected chi connectivity index (χ3v) is 2.88. The van der Waals surface area contributed by atoms with Gasteiger partial charge < -0.3 is 16.0 Å². The van der Waals surface area contributed by atoms with Gasteiger partial charge in [0.1, 0.15) is 5.82 Å². The van der Waals surface area contributed by atoms with Crippen LogP contribution in [0.5, 0.6) is 0 Å². The maximum atomic E-state index is 12.4. The average molecular weight is 270 g/mol. The Bertz CT molecular complexity index is 638. The van der Waals surface area contributed by atoms with Crippen molar-refractivity contribution in [1.29, 1.82) is 0 Å². The van der Waals surface area contributed by atoms with E-state index in [0.29, 0.717) is 17.1 Å². The number of anilines is 3. The number of hydrogen-bond acceptors (Lipinski definition) is 4. The highest BCUT2D eigenvalue weighted by Crippen LogP contribution is 2.22. The topological polar surface area (TPSA) is 71.2 Å². The number of nitrogens with zero attached hydrogens (tertiary/aromatic N) is 2. The number of hydrogen-bond donors (Lipinski definition) is 2. The Kier molecular flexibility index (Phi) is 3.89. The van der Waals surface area contributed by atoms with Gasteiger partial charge in [-0.25, -0.2) is 4.98 Å². The third kappa shape index (κ3) is 3.06. The van der Waals surface area contributed by atoms with Crippen molar-refractivity contribution < 1.29 is 4.79 Å². The smallest absolute Gasteiger partial charge is 0.258 e. The molecule has 5 heteroatoms. The molecule has 0 bridgehead atoms. The molecular formula is C15H18N4O. The number of carbonyl (C=O) groups is 1. The summed E-state index contributed by atoms with van der Waals surface area (Å²) in [7, 11) is 3.76. The van der Waals surface area contributed by atoms with Crippen molar-refractivity contribution in [2.75, 3.05) is 30.0 Å². The molecule has 0 saturated heterocycles. The molecule has 1 aromatic heterocycles. The Morgan fingerprint density at radius 3 is 2.65 bits per heavy atom. The van der Waals surface area contributed by atoms with Gasteiger partial charge in [0.15, 0.2) is 0 Å². The van der Waals surface area contributed by atoms with Gasteiger partial charge in [-0.15, -0.1) is 0 Å². The summed E-state index contributed by atoms with van der Waals surface area (Å²) in [4.78, 5) is 18.5. The fourth-order valence-corrected chi connectivity index (χ4v) is 1.92. The number of amides is 1. The van der Waals surface area contributed by atoms with E-state index in [-0.39, 0.29) is 5.91 Å². The molecule has 0 aliphatic carbocycles. The highest BCUT2D eigenvalue weighted by molar-refractivity contribution is 6.08. The number of aromatic nitrogens is 1. The number of nitrogens with one attached hydrogen (secondary N) is 1. The van der Waals surface area contributed by atoms with Gasteiger partial charge in [-0.05, 0) is 37.3 Å². The van der Waals surface area contributed by atoms with Crippen molar-refractivity contribution in [2.45, 2.75) is 6.92 Å². The molecule has 0 atom stereocenters. The number of carbonyl (C=O) groups excluding carboxylic acids is 1. The fraction of sp³-hybridized carbons (Fsp3) is 0.200. The lowest BCUT2D eigenvalue weighted by Gasteiger charge is -2.17. The van der Waals surface area contributed by atoms with E-state index in [2.05, 4.69) is 10.3 Å². The molecule has 0 saturated carbocycles. The molecule has 0 aliphatic rings. The summed E-state index contributed by atoms with van der Waals surface area (Å²) in [5, 5.41) is 2.79. The first kappa shape index (κ1) is 13.9. The van der Waals surface area contributed by atoms with Crippen molar-refractivity contribution in [3.8, 4) is 0 Å². The van der Waals surface area contributed by atoms with Crippen LogP contribution in [0.15, 0.2) is 36.4 Å². The van der Waals surface area contributed by atoms with Crippen LogP contribution in [-0.4, -0.2) is 25.0 Å². The predicted octanol–water partition coefficient (Wildman–Crippen LogP) is 2.29. The van der Waals surface area contributed by atoms with Crippen LogP contribution < -0.4 is 16.0 Å². The number of nitrogens with two attached hydrogens (primary N) is 1. The van der Waals surface area contributed by atoms with Gasteiger partial charge in [-0.3, -0.25) is 4.79 Å². The third-order valence-electron chi connectivity index (χ3n) is 2.88. The molecule has 2 rings (SSSR count). The van der Waals surface area contributed by atoms with Gasteiger partial charge in [0, 0.05) is 31.2 Å². The molecule has 1 heterocycles. The molecule has 0 spiro atoms. The zero-order valence-corrected chi connectivity index (χ0v) is 11.8. The molecule has 0 radical (unpaired) electrons. The maximum absolute atomic E-state index is 12.4. The van der Waals surface area contributed by atoms with Gasteiger partial charge in [0.05, 0.1) is 5.56 Å². The summed E-state index contributed by atoms with van der Waals surface area (Å²) in [5.41, 5.74) is 8.51. The van der Waals surface area contributed by atoms with Crippen molar-refractivity contribution in [3.63, 3.8) is 0 Å². The van der Waals surface area contributed by atoms with Gasteiger partial charge in [0.25, 0.3) is 5.91 Å². The Morgan fingerprint density at radius 1 is 1.25 bits per heavy atom. The summed E-state index contributed by atoms with van der Waals surface area (Å²) in [6, 6.07) is 10.8. The van der Waals surface area contributed by atoms with E-state index >= 15 is 0 Å². The standard InChI is InChI=1S/C15H18N4O/c1-10-5-4-6-14(17-10)18-15(20)12-9-11(16)7-8-13(12)19(2)3/h4-9H,16H2,1-3H3,(H,17,18,20). The highest BCUT2D eigenvalue weighted by atomic mass is 16.1. The Balaban J connectivity index is 2.31. The van der Waals surface area contributed by atoms with E-state index in [9.17, 15) is 4.79 Å².